The van der Waals surface area contributed by atoms with Crippen LogP contribution in [-0.2, 0) is 19.5 Å². The standard InChI is InChI=1S/C6H2F2O6/c7-13-5-3(11)1(9)2(10)4(12)6(5)14-8/h9-10H. The van der Waals surface area contributed by atoms with Crippen LogP contribution in [0.15, 0.2) is 23.0 Å². The van der Waals surface area contributed by atoms with Gasteiger partial charge in [-0.05, 0) is 0 Å². The Bertz CT molecular complexity index is 335. The lowest BCUT2D eigenvalue weighted by molar-refractivity contribution is -0.154. The Morgan fingerprint density at radius 3 is 1.36 bits per heavy atom. The zero-order chi connectivity index (χ0) is 10.9. The second-order valence-electron chi connectivity index (χ2n) is 2.17. The van der Waals surface area contributed by atoms with Crippen LogP contribution < -0.4 is 0 Å². The normalized spacial score (nSPS) is 17.6. The predicted octanol–water partition coefficient (Wildman–Crippen LogP) is 0.480. The van der Waals surface area contributed by atoms with E-state index in [2.05, 4.69) is 9.88 Å². The molecule has 0 spiro atoms. The minimum absolute atomic E-state index is 1.44. The summed E-state index contributed by atoms with van der Waals surface area (Å²) in [5.41, 5.74) is 0. The predicted molar refractivity (Wildman–Crippen MR) is 33.7 cm³/mol. The van der Waals surface area contributed by atoms with E-state index in [0.717, 1.165) is 0 Å². The number of ketones is 2. The van der Waals surface area contributed by atoms with Crippen LogP contribution in [0.5, 0.6) is 0 Å². The van der Waals surface area contributed by atoms with Crippen molar-refractivity contribution >= 4 is 11.6 Å². The minimum atomic E-state index is -1.60. The SMILES string of the molecule is O=C1C(O)=C(O)C(=O)C(OF)=C1OF. The van der Waals surface area contributed by atoms with Gasteiger partial charge < -0.3 is 10.2 Å². The molecule has 76 valence electrons. The van der Waals surface area contributed by atoms with E-state index in [1.54, 1.807) is 0 Å². The van der Waals surface area contributed by atoms with Crippen molar-refractivity contribution in [2.45, 2.75) is 0 Å². The summed E-state index contributed by atoms with van der Waals surface area (Å²) >= 11 is 0. The molecule has 0 aliphatic heterocycles. The van der Waals surface area contributed by atoms with Crippen LogP contribution in [0.2, 0.25) is 0 Å². The summed E-state index contributed by atoms with van der Waals surface area (Å²) in [7, 11) is 0. The number of rotatable bonds is 2. The van der Waals surface area contributed by atoms with Crippen molar-refractivity contribution in [3.05, 3.63) is 23.0 Å². The van der Waals surface area contributed by atoms with Crippen molar-refractivity contribution < 1.29 is 38.7 Å². The summed E-state index contributed by atoms with van der Waals surface area (Å²) in [5.74, 6) is -9.01. The van der Waals surface area contributed by atoms with Gasteiger partial charge in [0.15, 0.2) is 0 Å². The van der Waals surface area contributed by atoms with Gasteiger partial charge in [-0.2, -0.15) is 0 Å². The summed E-state index contributed by atoms with van der Waals surface area (Å²) in [6, 6.07) is 0. The van der Waals surface area contributed by atoms with Crippen LogP contribution in [0.25, 0.3) is 0 Å². The highest BCUT2D eigenvalue weighted by atomic mass is 19.3. The zero-order valence-corrected chi connectivity index (χ0v) is 6.28. The van der Waals surface area contributed by atoms with E-state index in [0.29, 0.717) is 0 Å². The zero-order valence-electron chi connectivity index (χ0n) is 6.28. The molecule has 0 unspecified atom stereocenters. The monoisotopic (exact) mass is 208 g/mol. The fourth-order valence-electron chi connectivity index (χ4n) is 0.777. The van der Waals surface area contributed by atoms with Crippen LogP contribution in [0.4, 0.5) is 9.05 Å². The maximum Gasteiger partial charge on any atom is 0.274 e. The van der Waals surface area contributed by atoms with Crippen molar-refractivity contribution in [3.63, 3.8) is 0 Å². The number of hydrogen-bond donors (Lipinski definition) is 2. The quantitative estimate of drug-likeness (QED) is 0.641. The highest BCUT2D eigenvalue weighted by molar-refractivity contribution is 6.21. The minimum Gasteiger partial charge on any atom is -0.501 e. The van der Waals surface area contributed by atoms with Crippen molar-refractivity contribution in [2.24, 2.45) is 0 Å². The van der Waals surface area contributed by atoms with Crippen molar-refractivity contribution in [1.82, 2.24) is 0 Å². The van der Waals surface area contributed by atoms with Gasteiger partial charge in [-0.25, -0.2) is 0 Å². The van der Waals surface area contributed by atoms with E-state index in [1.165, 1.54) is 0 Å². The molecule has 2 N–H and O–H groups in total. The van der Waals surface area contributed by atoms with E-state index in [-0.39, 0.29) is 0 Å². The first-order valence-corrected chi connectivity index (χ1v) is 3.07. The molecule has 0 saturated carbocycles. The van der Waals surface area contributed by atoms with Gasteiger partial charge in [0, 0.05) is 9.05 Å². The highest BCUT2D eigenvalue weighted by Crippen LogP contribution is 2.24. The van der Waals surface area contributed by atoms with Crippen LogP contribution in [0.1, 0.15) is 0 Å². The number of aliphatic hydroxyl groups excluding tert-OH is 2. The third kappa shape index (κ3) is 1.16. The van der Waals surface area contributed by atoms with Crippen LogP contribution in [0.3, 0.4) is 0 Å². The van der Waals surface area contributed by atoms with Gasteiger partial charge in [-0.1, -0.05) is 0 Å². The van der Waals surface area contributed by atoms with Gasteiger partial charge >= 0.3 is 0 Å². The maximum absolute atomic E-state index is 11.6. The number of Topliss-reactive ketones (excluding diaryl/α,β-unsaturated/α-hetero) is 2. The molecule has 1 aliphatic rings. The molecule has 0 aromatic rings. The lowest BCUT2D eigenvalue weighted by Gasteiger charge is -2.10. The average Bonchev–Trinajstić information content (AvgIpc) is 2.20. The topological polar surface area (TPSA) is 93.1 Å². The van der Waals surface area contributed by atoms with Gasteiger partial charge in [0.05, 0.1) is 0 Å². The van der Waals surface area contributed by atoms with E-state index in [1.807, 2.05) is 0 Å². The summed E-state index contributed by atoms with van der Waals surface area (Å²) < 4.78 is 23.3. The largest absolute Gasteiger partial charge is 0.501 e. The third-order valence-electron chi connectivity index (χ3n) is 1.43. The Morgan fingerprint density at radius 1 is 0.857 bits per heavy atom. The Balaban J connectivity index is 3.31. The Morgan fingerprint density at radius 2 is 1.14 bits per heavy atom. The molecule has 0 aromatic carbocycles. The second kappa shape index (κ2) is 3.32. The highest BCUT2D eigenvalue weighted by Gasteiger charge is 2.40. The second-order valence-corrected chi connectivity index (χ2v) is 2.17. The number of carbonyl (C=O) groups is 2. The molecule has 14 heavy (non-hydrogen) atoms. The first-order chi connectivity index (χ1) is 6.54. The lowest BCUT2D eigenvalue weighted by Crippen LogP contribution is -2.24. The van der Waals surface area contributed by atoms with Gasteiger partial charge in [0.25, 0.3) is 23.1 Å². The van der Waals surface area contributed by atoms with Crippen molar-refractivity contribution in [2.75, 3.05) is 0 Å². The van der Waals surface area contributed by atoms with E-state index in [9.17, 15) is 18.6 Å². The molecule has 0 saturated heterocycles. The van der Waals surface area contributed by atoms with E-state index >= 15 is 0 Å². The molecule has 0 atom stereocenters. The number of carbonyl (C=O) groups excluding carboxylic acids is 2. The van der Waals surface area contributed by atoms with Gasteiger partial charge in [0.2, 0.25) is 11.5 Å². The molecule has 0 bridgehead atoms. The molecule has 1 rings (SSSR count). The van der Waals surface area contributed by atoms with E-state index in [4.69, 9.17) is 10.2 Å². The fourth-order valence-corrected chi connectivity index (χ4v) is 0.777. The lowest BCUT2D eigenvalue weighted by atomic mass is 10.1. The molecule has 0 radical (unpaired) electrons. The fraction of sp³-hybridized carbons (Fsp3) is 0. The Hall–Kier alpha value is -2.12. The first-order valence-electron chi connectivity index (χ1n) is 3.07. The molecule has 6 nitrogen and oxygen atoms in total. The average molecular weight is 208 g/mol. The van der Waals surface area contributed by atoms with E-state index < -0.39 is 34.6 Å². The maximum atomic E-state index is 11.6. The van der Waals surface area contributed by atoms with Crippen LogP contribution in [0, 0.1) is 0 Å². The summed E-state index contributed by atoms with van der Waals surface area (Å²) in [4.78, 5) is 27.3. The molecule has 0 fully saturated rings. The summed E-state index contributed by atoms with van der Waals surface area (Å²) in [5, 5.41) is 17.5. The molecular formula is C6H2F2O6. The summed E-state index contributed by atoms with van der Waals surface area (Å²) in [6.07, 6.45) is 0. The van der Waals surface area contributed by atoms with Crippen LogP contribution >= 0.6 is 0 Å². The molecule has 1 aliphatic carbocycles. The smallest absolute Gasteiger partial charge is 0.274 e. The molecule has 0 aromatic heterocycles. The van der Waals surface area contributed by atoms with Crippen LogP contribution in [-0.4, -0.2) is 21.8 Å². The third-order valence-corrected chi connectivity index (χ3v) is 1.43. The molecular weight excluding hydrogens is 206 g/mol. The van der Waals surface area contributed by atoms with Gasteiger partial charge in [0.1, 0.15) is 0 Å². The van der Waals surface area contributed by atoms with Crippen molar-refractivity contribution in [3.8, 4) is 0 Å². The first kappa shape index (κ1) is 9.96. The molecule has 0 amide bonds. The number of aliphatic hydroxyl groups is 2. The van der Waals surface area contributed by atoms with Crippen molar-refractivity contribution in [1.29, 1.82) is 0 Å². The number of hydrogen-bond acceptors (Lipinski definition) is 6. The Kier molecular flexibility index (Phi) is 2.36. The molecule has 0 heterocycles. The number of halogens is 2. The van der Waals surface area contributed by atoms with Gasteiger partial charge in [-0.15, -0.1) is 0 Å². The summed E-state index contributed by atoms with van der Waals surface area (Å²) in [6.45, 7) is 0. The van der Waals surface area contributed by atoms with Gasteiger partial charge in [-0.3, -0.25) is 19.5 Å². The Labute approximate surface area is 74.4 Å². The molecule has 8 heteroatoms.